The zero-order valence-electron chi connectivity index (χ0n) is 7.86. The van der Waals surface area contributed by atoms with Gasteiger partial charge in [-0.25, -0.2) is 0 Å². The van der Waals surface area contributed by atoms with Gasteiger partial charge in [0.25, 0.3) is 0 Å². The van der Waals surface area contributed by atoms with Crippen LogP contribution in [0.2, 0.25) is 0 Å². The first-order valence-corrected chi connectivity index (χ1v) is 4.11. The van der Waals surface area contributed by atoms with Crippen molar-refractivity contribution >= 4 is 0 Å². The Kier molecular flexibility index (Phi) is 9.05. The largest absolute Gasteiger partial charge is 0.394 e. The Morgan fingerprint density at radius 3 is 2.69 bits per heavy atom. The summed E-state index contributed by atoms with van der Waals surface area (Å²) in [5.41, 5.74) is 0. The molecule has 0 radical (unpaired) electrons. The van der Waals surface area contributed by atoms with Gasteiger partial charge in [-0.1, -0.05) is 0 Å². The Labute approximate surface area is 78.8 Å². The van der Waals surface area contributed by atoms with E-state index < -0.39 is 0 Å². The van der Waals surface area contributed by atoms with E-state index in [2.05, 4.69) is 5.92 Å². The third kappa shape index (κ3) is 7.75. The average molecular weight is 188 g/mol. The van der Waals surface area contributed by atoms with Crippen LogP contribution in [-0.2, 0) is 14.2 Å². The summed E-state index contributed by atoms with van der Waals surface area (Å²) in [7, 11) is 1.54. The van der Waals surface area contributed by atoms with Crippen molar-refractivity contribution in [3.63, 3.8) is 0 Å². The number of hydrogen-bond acceptors (Lipinski definition) is 4. The molecule has 0 aromatic heterocycles. The van der Waals surface area contributed by atoms with Crippen molar-refractivity contribution in [1.29, 1.82) is 0 Å². The van der Waals surface area contributed by atoms with E-state index in [4.69, 9.17) is 25.7 Å². The fourth-order valence-electron chi connectivity index (χ4n) is 0.712. The molecule has 1 unspecified atom stereocenters. The van der Waals surface area contributed by atoms with Gasteiger partial charge < -0.3 is 19.3 Å². The van der Waals surface area contributed by atoms with E-state index in [1.54, 1.807) is 0 Å². The third-order valence-electron chi connectivity index (χ3n) is 1.31. The van der Waals surface area contributed by atoms with Gasteiger partial charge in [-0.15, -0.1) is 12.3 Å². The number of hydrogen-bond donors (Lipinski definition) is 1. The van der Waals surface area contributed by atoms with E-state index >= 15 is 0 Å². The summed E-state index contributed by atoms with van der Waals surface area (Å²) >= 11 is 0. The summed E-state index contributed by atoms with van der Waals surface area (Å²) in [4.78, 5) is 0. The second kappa shape index (κ2) is 9.49. The molecule has 0 heterocycles. The van der Waals surface area contributed by atoms with Crippen LogP contribution in [0.25, 0.3) is 0 Å². The summed E-state index contributed by atoms with van der Waals surface area (Å²) in [6.07, 6.45) is 5.15. The van der Waals surface area contributed by atoms with Crippen LogP contribution in [0.4, 0.5) is 0 Å². The molecule has 76 valence electrons. The Morgan fingerprint density at radius 1 is 1.38 bits per heavy atom. The molecule has 0 aromatic rings. The molecule has 0 aliphatic heterocycles. The highest BCUT2D eigenvalue weighted by atomic mass is 16.7. The van der Waals surface area contributed by atoms with E-state index in [0.29, 0.717) is 26.2 Å². The normalized spacial score (nSPS) is 12.4. The summed E-state index contributed by atoms with van der Waals surface area (Å²) in [5.74, 6) is 2.44. The fourth-order valence-corrected chi connectivity index (χ4v) is 0.712. The van der Waals surface area contributed by atoms with Crippen LogP contribution in [-0.4, -0.2) is 44.9 Å². The molecule has 1 N–H and O–H groups in total. The lowest BCUT2D eigenvalue weighted by Gasteiger charge is -2.13. The summed E-state index contributed by atoms with van der Waals surface area (Å²) in [6, 6.07) is 0. The first kappa shape index (κ1) is 12.4. The Hall–Kier alpha value is -0.600. The molecule has 0 saturated carbocycles. The topological polar surface area (TPSA) is 47.9 Å². The highest BCUT2D eigenvalue weighted by molar-refractivity contribution is 4.84. The molecule has 0 aliphatic carbocycles. The van der Waals surface area contributed by atoms with Gasteiger partial charge in [0.1, 0.15) is 0 Å². The highest BCUT2D eigenvalue weighted by Gasteiger charge is 2.03. The van der Waals surface area contributed by atoms with Crippen molar-refractivity contribution in [2.45, 2.75) is 12.7 Å². The van der Waals surface area contributed by atoms with Crippen LogP contribution in [0.1, 0.15) is 6.42 Å². The lowest BCUT2D eigenvalue weighted by atomic mass is 10.4. The van der Waals surface area contributed by atoms with E-state index in [-0.39, 0.29) is 12.9 Å². The molecule has 1 atom stereocenters. The molecular formula is C9H16O4. The minimum Gasteiger partial charge on any atom is -0.394 e. The summed E-state index contributed by atoms with van der Waals surface area (Å²) in [6.45, 7) is 1.21. The van der Waals surface area contributed by atoms with Gasteiger partial charge in [0, 0.05) is 7.11 Å². The van der Waals surface area contributed by atoms with Gasteiger partial charge >= 0.3 is 0 Å². The molecule has 0 spiro atoms. The molecule has 13 heavy (non-hydrogen) atoms. The van der Waals surface area contributed by atoms with Gasteiger partial charge in [0.05, 0.1) is 32.8 Å². The van der Waals surface area contributed by atoms with E-state index in [1.165, 1.54) is 7.11 Å². The number of terminal acetylenes is 1. The maximum Gasteiger partial charge on any atom is 0.168 e. The first-order valence-electron chi connectivity index (χ1n) is 4.11. The minimum atomic E-state index is -0.359. The van der Waals surface area contributed by atoms with E-state index in [9.17, 15) is 0 Å². The monoisotopic (exact) mass is 188 g/mol. The average Bonchev–Trinajstić information content (AvgIpc) is 2.16. The molecule has 4 heteroatoms. The van der Waals surface area contributed by atoms with Crippen LogP contribution >= 0.6 is 0 Å². The van der Waals surface area contributed by atoms with Crippen molar-refractivity contribution < 1.29 is 19.3 Å². The van der Waals surface area contributed by atoms with Crippen molar-refractivity contribution in [2.75, 3.05) is 33.5 Å². The minimum absolute atomic E-state index is 0.0259. The molecule has 0 amide bonds. The van der Waals surface area contributed by atoms with Gasteiger partial charge in [-0.05, 0) is 0 Å². The Morgan fingerprint density at radius 2 is 2.15 bits per heavy atom. The predicted molar refractivity (Wildman–Crippen MR) is 48.1 cm³/mol. The summed E-state index contributed by atoms with van der Waals surface area (Å²) in [5, 5.41) is 8.39. The van der Waals surface area contributed by atoms with Crippen LogP contribution in [0.5, 0.6) is 0 Å². The first-order chi connectivity index (χ1) is 6.35. The molecule has 0 aliphatic rings. The fraction of sp³-hybridized carbons (Fsp3) is 0.778. The summed E-state index contributed by atoms with van der Waals surface area (Å²) < 4.78 is 15.1. The number of ether oxygens (including phenoxy) is 3. The van der Waals surface area contributed by atoms with Crippen molar-refractivity contribution in [2.24, 2.45) is 0 Å². The molecule has 0 aromatic carbocycles. The lowest BCUT2D eigenvalue weighted by Crippen LogP contribution is -2.18. The highest BCUT2D eigenvalue weighted by Crippen LogP contribution is 1.97. The third-order valence-corrected chi connectivity index (χ3v) is 1.31. The molecule has 0 saturated heterocycles. The second-order valence-electron chi connectivity index (χ2n) is 2.28. The van der Waals surface area contributed by atoms with Crippen LogP contribution in [0.15, 0.2) is 0 Å². The number of aliphatic hydroxyl groups is 1. The zero-order valence-corrected chi connectivity index (χ0v) is 7.86. The van der Waals surface area contributed by atoms with E-state index in [1.807, 2.05) is 0 Å². The zero-order chi connectivity index (χ0) is 9.94. The lowest BCUT2D eigenvalue weighted by molar-refractivity contribution is -0.130. The number of aliphatic hydroxyl groups excluding tert-OH is 1. The number of rotatable bonds is 8. The van der Waals surface area contributed by atoms with Gasteiger partial charge in [-0.2, -0.15) is 0 Å². The maximum absolute atomic E-state index is 8.39. The Bertz CT molecular complexity index is 141. The van der Waals surface area contributed by atoms with Crippen LogP contribution in [0, 0.1) is 12.3 Å². The van der Waals surface area contributed by atoms with Crippen LogP contribution in [0.3, 0.4) is 0 Å². The van der Waals surface area contributed by atoms with Crippen molar-refractivity contribution in [3.8, 4) is 12.3 Å². The number of methoxy groups -OCH3 is 1. The van der Waals surface area contributed by atoms with Crippen molar-refractivity contribution in [3.05, 3.63) is 0 Å². The standard InChI is InChI=1S/C9H16O4/c1-3-4-9(11-2)13-8-7-12-6-5-10/h1,9-10H,4-8H2,2H3. The molecule has 4 nitrogen and oxygen atoms in total. The van der Waals surface area contributed by atoms with E-state index in [0.717, 1.165) is 0 Å². The van der Waals surface area contributed by atoms with Gasteiger partial charge in [0.2, 0.25) is 0 Å². The second-order valence-corrected chi connectivity index (χ2v) is 2.28. The quantitative estimate of drug-likeness (QED) is 0.331. The molecule has 0 rings (SSSR count). The molecular weight excluding hydrogens is 172 g/mol. The van der Waals surface area contributed by atoms with Gasteiger partial charge in [0.15, 0.2) is 6.29 Å². The van der Waals surface area contributed by atoms with Crippen LogP contribution < -0.4 is 0 Å². The molecule has 0 bridgehead atoms. The SMILES string of the molecule is C#CCC(OC)OCCOCCO. The predicted octanol–water partition coefficient (Wildman–Crippen LogP) is 0.00770. The smallest absolute Gasteiger partial charge is 0.168 e. The Balaban J connectivity index is 3.23. The van der Waals surface area contributed by atoms with Crippen molar-refractivity contribution in [1.82, 2.24) is 0 Å². The molecule has 0 fully saturated rings. The van der Waals surface area contributed by atoms with Gasteiger partial charge in [-0.3, -0.25) is 0 Å². The maximum atomic E-state index is 8.39.